The van der Waals surface area contributed by atoms with Crippen molar-refractivity contribution < 1.29 is 14.3 Å². The number of ketones is 1. The van der Waals surface area contributed by atoms with Gasteiger partial charge in [-0.1, -0.05) is 42.1 Å². The summed E-state index contributed by atoms with van der Waals surface area (Å²) in [6.45, 7) is 0. The molecule has 88 valence electrons. The first kappa shape index (κ1) is 13.3. The molecule has 0 saturated carbocycles. The molecule has 1 aromatic rings. The zero-order valence-corrected chi connectivity index (χ0v) is 10.1. The maximum Gasteiger partial charge on any atom is 0.378 e. The van der Waals surface area contributed by atoms with Gasteiger partial charge in [0.1, 0.15) is 0 Å². The van der Waals surface area contributed by atoms with Crippen LogP contribution in [0.4, 0.5) is 0 Å². The Labute approximate surface area is 104 Å². The standard InChI is InChI=1S/C13H12O3S/c1-16-13(15)12(14)9-5-6-10-17-11-7-3-2-4-8-11/h2-10H,1H3/b9-5+,10-6+. The fourth-order valence-corrected chi connectivity index (χ4v) is 1.61. The van der Waals surface area contributed by atoms with Gasteiger partial charge in [0.25, 0.3) is 5.78 Å². The molecule has 0 saturated heterocycles. The van der Waals surface area contributed by atoms with Crippen LogP contribution in [0.2, 0.25) is 0 Å². The van der Waals surface area contributed by atoms with Gasteiger partial charge in [0.05, 0.1) is 7.11 Å². The van der Waals surface area contributed by atoms with E-state index in [1.165, 1.54) is 31.0 Å². The van der Waals surface area contributed by atoms with Crippen molar-refractivity contribution in [3.05, 3.63) is 54.0 Å². The summed E-state index contributed by atoms with van der Waals surface area (Å²) in [5, 5.41) is 1.83. The van der Waals surface area contributed by atoms with E-state index in [0.29, 0.717) is 0 Å². The summed E-state index contributed by atoms with van der Waals surface area (Å²) in [7, 11) is 1.18. The Morgan fingerprint density at radius 1 is 1.18 bits per heavy atom. The van der Waals surface area contributed by atoms with Crippen molar-refractivity contribution in [2.24, 2.45) is 0 Å². The van der Waals surface area contributed by atoms with Crippen LogP contribution in [0.5, 0.6) is 0 Å². The third-order valence-electron chi connectivity index (χ3n) is 1.77. The van der Waals surface area contributed by atoms with E-state index in [0.717, 1.165) is 4.90 Å². The lowest BCUT2D eigenvalue weighted by Crippen LogP contribution is -2.11. The molecule has 1 rings (SSSR count). The van der Waals surface area contributed by atoms with Crippen LogP contribution in [-0.4, -0.2) is 18.9 Å². The molecule has 0 amide bonds. The van der Waals surface area contributed by atoms with Gasteiger partial charge in [-0.15, -0.1) is 0 Å². The van der Waals surface area contributed by atoms with Gasteiger partial charge in [0.15, 0.2) is 0 Å². The monoisotopic (exact) mass is 248 g/mol. The molecule has 0 aliphatic heterocycles. The molecule has 0 unspecified atom stereocenters. The number of hydrogen-bond donors (Lipinski definition) is 0. The molecule has 17 heavy (non-hydrogen) atoms. The Kier molecular flexibility index (Phi) is 5.82. The van der Waals surface area contributed by atoms with E-state index in [1.54, 1.807) is 6.08 Å². The van der Waals surface area contributed by atoms with Crippen molar-refractivity contribution in [3.8, 4) is 0 Å². The summed E-state index contributed by atoms with van der Waals surface area (Å²) in [6, 6.07) is 9.82. The number of carbonyl (C=O) groups excluding carboxylic acids is 2. The fourth-order valence-electron chi connectivity index (χ4n) is 0.974. The van der Waals surface area contributed by atoms with Crippen molar-refractivity contribution in [1.82, 2.24) is 0 Å². The van der Waals surface area contributed by atoms with E-state index in [9.17, 15) is 9.59 Å². The Bertz CT molecular complexity index is 435. The van der Waals surface area contributed by atoms with E-state index < -0.39 is 11.8 Å². The largest absolute Gasteiger partial charge is 0.463 e. The topological polar surface area (TPSA) is 43.4 Å². The van der Waals surface area contributed by atoms with Gasteiger partial charge in [0, 0.05) is 4.90 Å². The van der Waals surface area contributed by atoms with E-state index in [1.807, 2.05) is 35.7 Å². The molecule has 0 aromatic heterocycles. The zero-order chi connectivity index (χ0) is 12.5. The predicted octanol–water partition coefficient (Wildman–Crippen LogP) is 2.59. The first-order valence-corrected chi connectivity index (χ1v) is 5.79. The van der Waals surface area contributed by atoms with E-state index in [2.05, 4.69) is 4.74 Å². The van der Waals surface area contributed by atoms with Crippen molar-refractivity contribution in [2.45, 2.75) is 4.90 Å². The van der Waals surface area contributed by atoms with Crippen LogP contribution < -0.4 is 0 Å². The first-order valence-electron chi connectivity index (χ1n) is 4.91. The van der Waals surface area contributed by atoms with Crippen LogP contribution >= 0.6 is 11.8 Å². The Balaban J connectivity index is 2.38. The number of ether oxygens (including phenoxy) is 1. The lowest BCUT2D eigenvalue weighted by molar-refractivity contribution is -0.149. The molecule has 0 aliphatic carbocycles. The minimum atomic E-state index is -0.856. The van der Waals surface area contributed by atoms with E-state index >= 15 is 0 Å². The van der Waals surface area contributed by atoms with Gasteiger partial charge in [-0.25, -0.2) is 4.79 Å². The molecule has 0 heterocycles. The molecule has 0 radical (unpaired) electrons. The molecule has 3 nitrogen and oxygen atoms in total. The molecule has 0 aliphatic rings. The summed E-state index contributed by atoms with van der Waals surface area (Å²) >= 11 is 1.53. The summed E-state index contributed by atoms with van der Waals surface area (Å²) in [6.07, 6.45) is 4.38. The van der Waals surface area contributed by atoms with Gasteiger partial charge >= 0.3 is 5.97 Å². The fraction of sp³-hybridized carbons (Fsp3) is 0.0769. The summed E-state index contributed by atoms with van der Waals surface area (Å²) in [5.74, 6) is -1.52. The second kappa shape index (κ2) is 7.46. The maximum atomic E-state index is 11.0. The van der Waals surface area contributed by atoms with Gasteiger partial charge in [-0.3, -0.25) is 4.79 Å². The van der Waals surface area contributed by atoms with Crippen molar-refractivity contribution >= 4 is 23.5 Å². The average Bonchev–Trinajstić information content (AvgIpc) is 2.38. The highest BCUT2D eigenvalue weighted by molar-refractivity contribution is 8.02. The lowest BCUT2D eigenvalue weighted by atomic mass is 10.3. The van der Waals surface area contributed by atoms with Crippen molar-refractivity contribution in [3.63, 3.8) is 0 Å². The van der Waals surface area contributed by atoms with Crippen LogP contribution in [0, 0.1) is 0 Å². The number of esters is 1. The Morgan fingerprint density at radius 3 is 2.53 bits per heavy atom. The SMILES string of the molecule is COC(=O)C(=O)/C=C/C=C/Sc1ccccc1. The minimum absolute atomic E-state index is 0.665. The molecule has 4 heteroatoms. The number of benzene rings is 1. The molecular formula is C13H12O3S. The van der Waals surface area contributed by atoms with Crippen LogP contribution in [0.15, 0.2) is 58.9 Å². The van der Waals surface area contributed by atoms with Crippen LogP contribution in [0.25, 0.3) is 0 Å². The quantitative estimate of drug-likeness (QED) is 0.264. The third kappa shape index (κ3) is 5.17. The Morgan fingerprint density at radius 2 is 1.88 bits per heavy atom. The molecule has 0 N–H and O–H groups in total. The smallest absolute Gasteiger partial charge is 0.378 e. The molecule has 0 bridgehead atoms. The number of carbonyl (C=O) groups is 2. The van der Waals surface area contributed by atoms with Gasteiger partial charge < -0.3 is 4.74 Å². The zero-order valence-electron chi connectivity index (χ0n) is 9.33. The molecule has 1 aromatic carbocycles. The number of thioether (sulfide) groups is 1. The normalized spacial score (nSPS) is 10.9. The molecular weight excluding hydrogens is 236 g/mol. The van der Waals surface area contributed by atoms with Crippen LogP contribution in [0.1, 0.15) is 0 Å². The third-order valence-corrected chi connectivity index (χ3v) is 2.61. The average molecular weight is 248 g/mol. The number of methoxy groups -OCH3 is 1. The molecule has 0 spiro atoms. The van der Waals surface area contributed by atoms with Gasteiger partial charge in [0.2, 0.25) is 0 Å². The number of hydrogen-bond acceptors (Lipinski definition) is 4. The number of rotatable bonds is 5. The lowest BCUT2D eigenvalue weighted by Gasteiger charge is -1.92. The second-order valence-corrected chi connectivity index (χ2v) is 3.95. The molecule has 0 atom stereocenters. The second-order valence-electron chi connectivity index (χ2n) is 2.97. The summed E-state index contributed by atoms with van der Waals surface area (Å²) in [5.41, 5.74) is 0. The minimum Gasteiger partial charge on any atom is -0.463 e. The summed E-state index contributed by atoms with van der Waals surface area (Å²) in [4.78, 5) is 22.9. The predicted molar refractivity (Wildman–Crippen MR) is 67.6 cm³/mol. The van der Waals surface area contributed by atoms with E-state index in [4.69, 9.17) is 0 Å². The highest BCUT2D eigenvalue weighted by Gasteiger charge is 2.07. The first-order chi connectivity index (χ1) is 8.24. The van der Waals surface area contributed by atoms with Gasteiger partial charge in [-0.2, -0.15) is 0 Å². The highest BCUT2D eigenvalue weighted by Crippen LogP contribution is 2.17. The summed E-state index contributed by atoms with van der Waals surface area (Å²) < 4.78 is 4.27. The van der Waals surface area contributed by atoms with E-state index in [-0.39, 0.29) is 0 Å². The van der Waals surface area contributed by atoms with Crippen LogP contribution in [0.3, 0.4) is 0 Å². The van der Waals surface area contributed by atoms with Crippen LogP contribution in [-0.2, 0) is 14.3 Å². The highest BCUT2D eigenvalue weighted by atomic mass is 32.2. The van der Waals surface area contributed by atoms with Crippen molar-refractivity contribution in [1.29, 1.82) is 0 Å². The van der Waals surface area contributed by atoms with Gasteiger partial charge in [-0.05, 0) is 23.6 Å². The number of allylic oxidation sites excluding steroid dienone is 2. The Hall–Kier alpha value is -1.81. The molecule has 0 fully saturated rings. The maximum absolute atomic E-state index is 11.0. The van der Waals surface area contributed by atoms with Crippen molar-refractivity contribution in [2.75, 3.05) is 7.11 Å².